The van der Waals surface area contributed by atoms with Crippen LogP contribution in [0.2, 0.25) is 0 Å². The van der Waals surface area contributed by atoms with E-state index in [1.54, 1.807) is 12.1 Å². The van der Waals surface area contributed by atoms with E-state index < -0.39 is 6.03 Å². The molecule has 1 heterocycles. The molecule has 2 unspecified atom stereocenters. The van der Waals surface area contributed by atoms with Gasteiger partial charge in [0.25, 0.3) is 0 Å². The number of nitrogens with two attached hydrogens (primary N) is 1. The molecule has 2 atom stereocenters. The van der Waals surface area contributed by atoms with Crippen LogP contribution in [0.4, 0.5) is 10.5 Å². The maximum atomic E-state index is 12.5. The molecule has 1 aliphatic heterocycles. The van der Waals surface area contributed by atoms with Gasteiger partial charge in [0.15, 0.2) is 0 Å². The van der Waals surface area contributed by atoms with E-state index in [9.17, 15) is 9.59 Å². The highest BCUT2D eigenvalue weighted by Crippen LogP contribution is 2.27. The lowest BCUT2D eigenvalue weighted by atomic mass is 9.81. The normalized spacial score (nSPS) is 21.7. The Hall–Kier alpha value is -1.79. The number of piperidine rings is 1. The highest BCUT2D eigenvalue weighted by molar-refractivity contribution is 5.87. The standard InChI is InChI=1S/C16H24N4O2.ClH/c1-11(12-4-6-13(7-5-12)20-15(17)22)19-14(21)16(2)8-3-9-18-10-16;/h4-7,11,18H,3,8-10H2,1-2H3,(H,19,21)(H3,17,20,22);1H. The molecule has 128 valence electrons. The van der Waals surface area contributed by atoms with Crippen molar-refractivity contribution in [1.29, 1.82) is 0 Å². The van der Waals surface area contributed by atoms with E-state index in [1.165, 1.54) is 0 Å². The number of hydrogen-bond acceptors (Lipinski definition) is 3. The van der Waals surface area contributed by atoms with Crippen LogP contribution in [-0.2, 0) is 4.79 Å². The Kier molecular flexibility index (Phi) is 6.84. The first-order valence-electron chi connectivity index (χ1n) is 7.59. The van der Waals surface area contributed by atoms with Gasteiger partial charge < -0.3 is 21.7 Å². The minimum atomic E-state index is -0.591. The Bertz CT molecular complexity index is 542. The topological polar surface area (TPSA) is 96.2 Å². The molecule has 1 saturated heterocycles. The molecule has 0 spiro atoms. The Morgan fingerprint density at radius 1 is 1.30 bits per heavy atom. The first kappa shape index (κ1) is 19.3. The van der Waals surface area contributed by atoms with Crippen molar-refractivity contribution in [1.82, 2.24) is 10.6 Å². The molecule has 5 N–H and O–H groups in total. The molecule has 6 nitrogen and oxygen atoms in total. The van der Waals surface area contributed by atoms with Crippen LogP contribution in [0.15, 0.2) is 24.3 Å². The van der Waals surface area contributed by atoms with E-state index in [0.29, 0.717) is 12.2 Å². The summed E-state index contributed by atoms with van der Waals surface area (Å²) in [4.78, 5) is 23.3. The molecule has 0 aromatic heterocycles. The molecule has 0 aliphatic carbocycles. The highest BCUT2D eigenvalue weighted by Gasteiger charge is 2.35. The number of amides is 3. The fourth-order valence-corrected chi connectivity index (χ4v) is 2.70. The third kappa shape index (κ3) is 5.11. The molecule has 23 heavy (non-hydrogen) atoms. The van der Waals surface area contributed by atoms with Crippen molar-refractivity contribution in [2.45, 2.75) is 32.7 Å². The molecule has 3 amide bonds. The van der Waals surface area contributed by atoms with Gasteiger partial charge in [0, 0.05) is 12.2 Å². The van der Waals surface area contributed by atoms with Crippen LogP contribution in [0.3, 0.4) is 0 Å². The Labute approximate surface area is 143 Å². The van der Waals surface area contributed by atoms with E-state index in [1.807, 2.05) is 26.0 Å². The van der Waals surface area contributed by atoms with E-state index in [4.69, 9.17) is 5.73 Å². The van der Waals surface area contributed by atoms with Gasteiger partial charge in [-0.15, -0.1) is 12.4 Å². The largest absolute Gasteiger partial charge is 0.351 e. The predicted molar refractivity (Wildman–Crippen MR) is 93.7 cm³/mol. The molecule has 0 saturated carbocycles. The number of hydrogen-bond donors (Lipinski definition) is 4. The molecule has 0 bridgehead atoms. The summed E-state index contributed by atoms with van der Waals surface area (Å²) in [7, 11) is 0. The summed E-state index contributed by atoms with van der Waals surface area (Å²) in [5.74, 6) is 0.0755. The van der Waals surface area contributed by atoms with Crippen molar-refractivity contribution < 1.29 is 9.59 Å². The fraction of sp³-hybridized carbons (Fsp3) is 0.500. The molecular formula is C16H25ClN4O2. The van der Waals surface area contributed by atoms with Crippen LogP contribution in [0, 0.1) is 5.41 Å². The SMILES string of the molecule is CC(NC(=O)C1(C)CCCNC1)c1ccc(NC(N)=O)cc1.Cl. The number of nitrogens with one attached hydrogen (secondary N) is 3. The second kappa shape index (κ2) is 8.17. The van der Waals surface area contributed by atoms with Crippen LogP contribution >= 0.6 is 12.4 Å². The van der Waals surface area contributed by atoms with Gasteiger partial charge in [-0.1, -0.05) is 12.1 Å². The average Bonchev–Trinajstić information content (AvgIpc) is 2.48. The monoisotopic (exact) mass is 340 g/mol. The van der Waals surface area contributed by atoms with Gasteiger partial charge in [-0.25, -0.2) is 4.79 Å². The molecule has 1 aromatic carbocycles. The molecule has 0 radical (unpaired) electrons. The maximum Gasteiger partial charge on any atom is 0.316 e. The van der Waals surface area contributed by atoms with Crippen molar-refractivity contribution in [2.75, 3.05) is 18.4 Å². The minimum Gasteiger partial charge on any atom is -0.351 e. The van der Waals surface area contributed by atoms with E-state index in [2.05, 4.69) is 16.0 Å². The molecule has 2 rings (SSSR count). The Morgan fingerprint density at radius 3 is 2.48 bits per heavy atom. The molecular weight excluding hydrogens is 316 g/mol. The van der Waals surface area contributed by atoms with Crippen LogP contribution in [0.5, 0.6) is 0 Å². The number of carbonyl (C=O) groups is 2. The summed E-state index contributed by atoms with van der Waals surface area (Å²) in [6, 6.07) is 6.61. The Balaban J connectivity index is 0.00000264. The number of carbonyl (C=O) groups excluding carboxylic acids is 2. The van der Waals surface area contributed by atoms with E-state index in [-0.39, 0.29) is 29.8 Å². The molecule has 1 aliphatic rings. The van der Waals surface area contributed by atoms with E-state index in [0.717, 1.165) is 24.9 Å². The van der Waals surface area contributed by atoms with Gasteiger partial charge in [-0.05, 0) is 50.9 Å². The Morgan fingerprint density at radius 2 is 1.96 bits per heavy atom. The number of urea groups is 1. The van der Waals surface area contributed by atoms with Gasteiger partial charge in [-0.2, -0.15) is 0 Å². The zero-order valence-corrected chi connectivity index (χ0v) is 14.3. The zero-order valence-electron chi connectivity index (χ0n) is 13.5. The van der Waals surface area contributed by atoms with Gasteiger partial charge in [0.1, 0.15) is 0 Å². The summed E-state index contributed by atoms with van der Waals surface area (Å²) in [5, 5.41) is 8.87. The quantitative estimate of drug-likeness (QED) is 0.676. The van der Waals surface area contributed by atoms with Crippen LogP contribution in [-0.4, -0.2) is 25.0 Å². The van der Waals surface area contributed by atoms with Crippen molar-refractivity contribution in [2.24, 2.45) is 11.1 Å². The third-order valence-corrected chi connectivity index (χ3v) is 4.17. The summed E-state index contributed by atoms with van der Waals surface area (Å²) in [5.41, 5.74) is 6.34. The zero-order chi connectivity index (χ0) is 16.2. The van der Waals surface area contributed by atoms with Crippen LogP contribution in [0.1, 0.15) is 38.3 Å². The lowest BCUT2D eigenvalue weighted by Gasteiger charge is -2.33. The van der Waals surface area contributed by atoms with Gasteiger partial charge >= 0.3 is 6.03 Å². The summed E-state index contributed by atoms with van der Waals surface area (Å²) >= 11 is 0. The highest BCUT2D eigenvalue weighted by atomic mass is 35.5. The van der Waals surface area contributed by atoms with Crippen molar-refractivity contribution in [3.05, 3.63) is 29.8 Å². The van der Waals surface area contributed by atoms with Gasteiger partial charge in [-0.3, -0.25) is 4.79 Å². The predicted octanol–water partition coefficient (Wildman–Crippen LogP) is 2.17. The second-order valence-electron chi connectivity index (χ2n) is 6.15. The number of anilines is 1. The summed E-state index contributed by atoms with van der Waals surface area (Å²) < 4.78 is 0. The maximum absolute atomic E-state index is 12.5. The molecule has 1 fully saturated rings. The average molecular weight is 341 g/mol. The smallest absolute Gasteiger partial charge is 0.316 e. The van der Waals surface area contributed by atoms with Gasteiger partial charge in [0.2, 0.25) is 5.91 Å². The number of primary amides is 1. The minimum absolute atomic E-state index is 0. The molecule has 7 heteroatoms. The van der Waals surface area contributed by atoms with Crippen LogP contribution < -0.4 is 21.7 Å². The van der Waals surface area contributed by atoms with Gasteiger partial charge in [0.05, 0.1) is 11.5 Å². The van der Waals surface area contributed by atoms with Crippen molar-refractivity contribution in [3.63, 3.8) is 0 Å². The second-order valence-corrected chi connectivity index (χ2v) is 6.15. The summed E-state index contributed by atoms with van der Waals surface area (Å²) in [6.07, 6.45) is 1.92. The molecule has 1 aromatic rings. The first-order chi connectivity index (χ1) is 10.4. The number of rotatable bonds is 4. The summed E-state index contributed by atoms with van der Waals surface area (Å²) in [6.45, 7) is 5.65. The lowest BCUT2D eigenvalue weighted by molar-refractivity contribution is -0.131. The van der Waals surface area contributed by atoms with Crippen LogP contribution in [0.25, 0.3) is 0 Å². The number of benzene rings is 1. The number of halogens is 1. The van der Waals surface area contributed by atoms with E-state index >= 15 is 0 Å². The lowest BCUT2D eigenvalue weighted by Crippen LogP contribution is -2.49. The van der Waals surface area contributed by atoms with Crippen molar-refractivity contribution >= 4 is 30.0 Å². The third-order valence-electron chi connectivity index (χ3n) is 4.17. The first-order valence-corrected chi connectivity index (χ1v) is 7.59. The van der Waals surface area contributed by atoms with Crippen molar-refractivity contribution in [3.8, 4) is 0 Å². The fourth-order valence-electron chi connectivity index (χ4n) is 2.70.